The number of hydroxylamine groups is 1. The second-order valence-electron chi connectivity index (χ2n) is 6.94. The van der Waals surface area contributed by atoms with E-state index in [9.17, 15) is 23.1 Å². The van der Waals surface area contributed by atoms with Crippen molar-refractivity contribution in [2.24, 2.45) is 0 Å². The maximum atomic E-state index is 12.6. The van der Waals surface area contributed by atoms with Crippen molar-refractivity contribution in [1.29, 1.82) is 0 Å². The lowest BCUT2D eigenvalue weighted by Crippen LogP contribution is -2.39. The standard InChI is InChI=1S/C20H22ClN3O7S/c1-4-11(10-12-6-5-9-31-12)22-15-16(19(27)18(15)26)23-14-8-7-13(21)20(17(14)25)32(28,29)24(2)30-3/h5-9,11,22-23,25H,4,10H2,1-3H3/t11-/m1/s1. The van der Waals surface area contributed by atoms with E-state index in [0.29, 0.717) is 23.1 Å². The summed E-state index contributed by atoms with van der Waals surface area (Å²) in [6, 6.07) is 5.89. The first kappa shape index (κ1) is 23.8. The van der Waals surface area contributed by atoms with Gasteiger partial charge >= 0.3 is 0 Å². The van der Waals surface area contributed by atoms with Crippen LogP contribution in [0.15, 0.2) is 49.4 Å². The van der Waals surface area contributed by atoms with E-state index in [2.05, 4.69) is 10.6 Å². The number of sulfonamides is 1. The molecule has 1 heterocycles. The normalized spacial score (nSPS) is 12.9. The lowest BCUT2D eigenvalue weighted by atomic mass is 10.1. The highest BCUT2D eigenvalue weighted by Gasteiger charge is 2.31. The Morgan fingerprint density at radius 3 is 2.50 bits per heavy atom. The monoisotopic (exact) mass is 483 g/mol. The lowest BCUT2D eigenvalue weighted by Gasteiger charge is -2.22. The van der Waals surface area contributed by atoms with Gasteiger partial charge in [-0.25, -0.2) is 8.42 Å². The van der Waals surface area contributed by atoms with Crippen molar-refractivity contribution in [3.8, 4) is 5.75 Å². The van der Waals surface area contributed by atoms with E-state index in [1.807, 2.05) is 6.92 Å². The Morgan fingerprint density at radius 2 is 1.91 bits per heavy atom. The molecule has 12 heteroatoms. The summed E-state index contributed by atoms with van der Waals surface area (Å²) in [5, 5.41) is 16.0. The van der Waals surface area contributed by atoms with E-state index in [1.165, 1.54) is 12.1 Å². The van der Waals surface area contributed by atoms with Gasteiger partial charge in [0.1, 0.15) is 22.0 Å². The molecule has 0 aliphatic carbocycles. The minimum Gasteiger partial charge on any atom is -0.504 e. The summed E-state index contributed by atoms with van der Waals surface area (Å²) >= 11 is 6.00. The molecular weight excluding hydrogens is 462 g/mol. The molecule has 0 saturated heterocycles. The molecule has 0 amide bonds. The summed E-state index contributed by atoms with van der Waals surface area (Å²) in [4.78, 5) is 28.5. The molecule has 3 rings (SSSR count). The van der Waals surface area contributed by atoms with Crippen molar-refractivity contribution in [2.75, 3.05) is 24.8 Å². The number of nitrogens with one attached hydrogen (secondary N) is 2. The number of anilines is 3. The van der Waals surface area contributed by atoms with Gasteiger partial charge in [0.2, 0.25) is 0 Å². The lowest BCUT2D eigenvalue weighted by molar-refractivity contribution is -0.0259. The van der Waals surface area contributed by atoms with E-state index >= 15 is 0 Å². The highest BCUT2D eigenvalue weighted by Crippen LogP contribution is 2.39. The van der Waals surface area contributed by atoms with E-state index in [-0.39, 0.29) is 28.1 Å². The fourth-order valence-electron chi connectivity index (χ4n) is 3.08. The maximum Gasteiger partial charge on any atom is 0.269 e. The van der Waals surface area contributed by atoms with Gasteiger partial charge in [-0.15, -0.1) is 0 Å². The highest BCUT2D eigenvalue weighted by atomic mass is 35.5. The second-order valence-corrected chi connectivity index (χ2v) is 9.22. The summed E-state index contributed by atoms with van der Waals surface area (Å²) in [6.45, 7) is 1.91. The van der Waals surface area contributed by atoms with Crippen LogP contribution in [-0.4, -0.2) is 38.2 Å². The van der Waals surface area contributed by atoms with Gasteiger partial charge in [-0.3, -0.25) is 14.4 Å². The predicted molar refractivity (Wildman–Crippen MR) is 120 cm³/mol. The SMILES string of the molecule is CC[C@H](Cc1ccco1)Nc1c(Nc2ccc(Cl)c(S(=O)(=O)N(C)OC)c2O)c(=O)c1=O. The number of phenols is 1. The Labute approximate surface area is 189 Å². The minimum absolute atomic E-state index is 0.0428. The van der Waals surface area contributed by atoms with E-state index in [1.54, 1.807) is 18.4 Å². The van der Waals surface area contributed by atoms with Gasteiger partial charge < -0.3 is 20.2 Å². The first-order valence-electron chi connectivity index (χ1n) is 9.55. The van der Waals surface area contributed by atoms with Gasteiger partial charge in [-0.2, -0.15) is 0 Å². The van der Waals surface area contributed by atoms with Crippen molar-refractivity contribution in [2.45, 2.75) is 30.7 Å². The van der Waals surface area contributed by atoms with Gasteiger partial charge in [0, 0.05) is 19.5 Å². The number of aromatic hydroxyl groups is 1. The third kappa shape index (κ3) is 4.37. The first-order chi connectivity index (χ1) is 15.1. The van der Waals surface area contributed by atoms with Crippen molar-refractivity contribution in [3.05, 3.63) is 61.8 Å². The van der Waals surface area contributed by atoms with Crippen LogP contribution in [0.4, 0.5) is 17.1 Å². The average molecular weight is 484 g/mol. The van der Waals surface area contributed by atoms with Crippen LogP contribution in [0.1, 0.15) is 19.1 Å². The summed E-state index contributed by atoms with van der Waals surface area (Å²) in [7, 11) is -2.02. The fourth-order valence-corrected chi connectivity index (χ4v) is 4.64. The molecule has 0 radical (unpaired) electrons. The van der Waals surface area contributed by atoms with E-state index in [0.717, 1.165) is 14.2 Å². The van der Waals surface area contributed by atoms with Crippen molar-refractivity contribution in [3.63, 3.8) is 0 Å². The number of rotatable bonds is 10. The number of furan rings is 1. The first-order valence-corrected chi connectivity index (χ1v) is 11.4. The Hall–Kier alpha value is -2.86. The van der Waals surface area contributed by atoms with Crippen LogP contribution >= 0.6 is 11.6 Å². The quantitative estimate of drug-likeness (QED) is 0.225. The zero-order chi connectivity index (χ0) is 23.6. The van der Waals surface area contributed by atoms with Gasteiger partial charge in [-0.1, -0.05) is 23.0 Å². The molecule has 172 valence electrons. The minimum atomic E-state index is -4.29. The van der Waals surface area contributed by atoms with Crippen LogP contribution in [0.2, 0.25) is 5.02 Å². The smallest absolute Gasteiger partial charge is 0.269 e. The van der Waals surface area contributed by atoms with Crippen LogP contribution in [0.5, 0.6) is 5.75 Å². The topological polar surface area (TPSA) is 138 Å². The molecule has 0 fully saturated rings. The summed E-state index contributed by atoms with van der Waals surface area (Å²) < 4.78 is 31.1. The molecular formula is C20H22ClN3O7S. The van der Waals surface area contributed by atoms with Crippen LogP contribution in [-0.2, 0) is 21.3 Å². The van der Waals surface area contributed by atoms with Gasteiger partial charge in [0.15, 0.2) is 5.75 Å². The molecule has 1 aromatic heterocycles. The Balaban J connectivity index is 1.92. The highest BCUT2D eigenvalue weighted by molar-refractivity contribution is 7.89. The maximum absolute atomic E-state index is 12.6. The van der Waals surface area contributed by atoms with Crippen LogP contribution in [0.25, 0.3) is 0 Å². The largest absolute Gasteiger partial charge is 0.504 e. The number of hydrogen-bond donors (Lipinski definition) is 3. The third-order valence-electron chi connectivity index (χ3n) is 4.98. The molecule has 0 spiro atoms. The molecule has 3 aromatic rings. The third-order valence-corrected chi connectivity index (χ3v) is 7.16. The Kier molecular flexibility index (Phi) is 6.94. The molecule has 32 heavy (non-hydrogen) atoms. The Bertz CT molecular complexity index is 1280. The summed E-state index contributed by atoms with van der Waals surface area (Å²) in [5.74, 6) is -0.00644. The van der Waals surface area contributed by atoms with E-state index in [4.69, 9.17) is 20.9 Å². The zero-order valence-electron chi connectivity index (χ0n) is 17.5. The molecule has 0 saturated carbocycles. The molecule has 0 unspecified atom stereocenters. The van der Waals surface area contributed by atoms with E-state index < -0.39 is 31.5 Å². The second kappa shape index (κ2) is 9.33. The molecule has 0 aliphatic rings. The van der Waals surface area contributed by atoms with Crippen LogP contribution < -0.4 is 21.5 Å². The zero-order valence-corrected chi connectivity index (χ0v) is 19.1. The van der Waals surface area contributed by atoms with Gasteiger partial charge in [-0.05, 0) is 30.7 Å². The Morgan fingerprint density at radius 1 is 1.22 bits per heavy atom. The molecule has 2 aromatic carbocycles. The molecule has 0 bridgehead atoms. The molecule has 10 nitrogen and oxygen atoms in total. The van der Waals surface area contributed by atoms with Crippen molar-refractivity contribution < 1.29 is 22.8 Å². The van der Waals surface area contributed by atoms with Crippen LogP contribution in [0, 0.1) is 0 Å². The summed E-state index contributed by atoms with van der Waals surface area (Å²) in [5.41, 5.74) is -1.68. The number of benzene rings is 1. The average Bonchev–Trinajstić information content (AvgIpc) is 3.28. The number of nitrogens with zero attached hydrogens (tertiary/aromatic N) is 1. The fraction of sp³-hybridized carbons (Fsp3) is 0.300. The predicted octanol–water partition coefficient (Wildman–Crippen LogP) is 2.59. The van der Waals surface area contributed by atoms with Gasteiger partial charge in [0.25, 0.3) is 20.9 Å². The van der Waals surface area contributed by atoms with Crippen LogP contribution in [0.3, 0.4) is 0 Å². The van der Waals surface area contributed by atoms with Crippen molar-refractivity contribution >= 4 is 38.7 Å². The van der Waals surface area contributed by atoms with Gasteiger partial charge in [0.05, 0.1) is 24.1 Å². The summed E-state index contributed by atoms with van der Waals surface area (Å²) in [6.07, 6.45) is 2.67. The molecule has 1 atom stereocenters. The number of halogens is 1. The molecule has 3 N–H and O–H groups in total. The number of phenolic OH excluding ortho intramolecular Hbond substituents is 1. The molecule has 0 aliphatic heterocycles. The number of hydrogen-bond acceptors (Lipinski definition) is 9. The van der Waals surface area contributed by atoms with Crippen molar-refractivity contribution in [1.82, 2.24) is 4.47 Å².